The summed E-state index contributed by atoms with van der Waals surface area (Å²) in [6, 6.07) is 0. The minimum Gasteiger partial charge on any atom is -0.394 e. The zero-order chi connectivity index (χ0) is 20.2. The SMILES string of the molecule is COCO[C@H]1[C@H](C[C@@H](C)[C@@H](O)CO)CC[C@H]2O[C@](C)(OC)[C@@](C)(OC)O[C@H]12. The molecule has 0 aromatic carbocycles. The minimum absolute atomic E-state index is 0.0623. The maximum Gasteiger partial charge on any atom is 0.220 e. The van der Waals surface area contributed by atoms with Crippen molar-refractivity contribution in [2.75, 3.05) is 34.7 Å². The van der Waals surface area contributed by atoms with E-state index in [1.165, 1.54) is 0 Å². The first-order valence-corrected chi connectivity index (χ1v) is 9.60. The van der Waals surface area contributed by atoms with Crippen LogP contribution in [0.25, 0.3) is 0 Å². The number of aliphatic hydroxyl groups excluding tert-OH is 2. The average Bonchev–Trinajstić information content (AvgIpc) is 2.67. The molecule has 8 nitrogen and oxygen atoms in total. The lowest BCUT2D eigenvalue weighted by Gasteiger charge is -2.56. The molecule has 1 aliphatic heterocycles. The highest BCUT2D eigenvalue weighted by atomic mass is 16.8. The van der Waals surface area contributed by atoms with Gasteiger partial charge in [-0.05, 0) is 44.9 Å². The summed E-state index contributed by atoms with van der Waals surface area (Å²) in [4.78, 5) is 0. The Balaban J connectivity index is 2.22. The molecule has 0 aromatic rings. The molecule has 0 amide bonds. The van der Waals surface area contributed by atoms with Crippen molar-refractivity contribution in [3.63, 3.8) is 0 Å². The molecule has 8 heteroatoms. The summed E-state index contributed by atoms with van der Waals surface area (Å²) >= 11 is 0. The predicted molar refractivity (Wildman–Crippen MR) is 96.9 cm³/mol. The highest BCUT2D eigenvalue weighted by Gasteiger charge is 2.60. The van der Waals surface area contributed by atoms with Crippen LogP contribution in [0.2, 0.25) is 0 Å². The standard InChI is InChI=1S/C19H36O8/c1-12(14(21)10-20)9-13-7-8-15-17(16(13)25-11-22-4)27-19(3,24-6)18(2,23-5)26-15/h12-17,20-21H,7-11H2,1-6H3/t12-,13+,14+,15-,16+,17+,18+,19+/m1/s1. The van der Waals surface area contributed by atoms with Crippen LogP contribution in [-0.4, -0.2) is 80.9 Å². The van der Waals surface area contributed by atoms with Gasteiger partial charge in [0.1, 0.15) is 12.9 Å². The Bertz CT molecular complexity index is 463. The first-order valence-electron chi connectivity index (χ1n) is 9.60. The molecule has 2 aliphatic rings. The quantitative estimate of drug-likeness (QED) is 0.567. The molecule has 1 saturated carbocycles. The maximum absolute atomic E-state index is 9.97. The molecule has 1 aliphatic carbocycles. The molecule has 1 saturated heterocycles. The van der Waals surface area contributed by atoms with Crippen molar-refractivity contribution in [1.29, 1.82) is 0 Å². The largest absolute Gasteiger partial charge is 0.394 e. The Hall–Kier alpha value is -0.320. The van der Waals surface area contributed by atoms with Crippen molar-refractivity contribution in [1.82, 2.24) is 0 Å². The first-order chi connectivity index (χ1) is 12.7. The molecule has 160 valence electrons. The van der Waals surface area contributed by atoms with Crippen molar-refractivity contribution in [3.8, 4) is 0 Å². The van der Waals surface area contributed by atoms with E-state index in [0.29, 0.717) is 6.42 Å². The fraction of sp³-hybridized carbons (Fsp3) is 1.00. The van der Waals surface area contributed by atoms with E-state index in [9.17, 15) is 10.2 Å². The van der Waals surface area contributed by atoms with Gasteiger partial charge in [0.15, 0.2) is 0 Å². The molecule has 0 bridgehead atoms. The number of ether oxygens (including phenoxy) is 6. The zero-order valence-electron chi connectivity index (χ0n) is 17.3. The molecule has 2 rings (SSSR count). The Morgan fingerprint density at radius 1 is 1.07 bits per heavy atom. The molecule has 1 heterocycles. The predicted octanol–water partition coefficient (Wildman–Crippen LogP) is 1.27. The molecule has 8 atom stereocenters. The Kier molecular flexibility index (Phi) is 8.04. The third kappa shape index (κ3) is 4.64. The monoisotopic (exact) mass is 392 g/mol. The normalized spacial score (nSPS) is 41.8. The lowest BCUT2D eigenvalue weighted by atomic mass is 9.76. The van der Waals surface area contributed by atoms with Crippen LogP contribution in [0.4, 0.5) is 0 Å². The van der Waals surface area contributed by atoms with Gasteiger partial charge in [0.05, 0.1) is 24.9 Å². The Morgan fingerprint density at radius 3 is 2.26 bits per heavy atom. The Labute approximate surface area is 162 Å². The summed E-state index contributed by atoms with van der Waals surface area (Å²) < 4.78 is 35.0. The number of fused-ring (bicyclic) bond motifs is 1. The number of methoxy groups -OCH3 is 3. The van der Waals surface area contributed by atoms with E-state index in [1.807, 2.05) is 13.8 Å². The third-order valence-corrected chi connectivity index (χ3v) is 6.21. The second-order valence-corrected chi connectivity index (χ2v) is 7.88. The second kappa shape index (κ2) is 9.45. The molecular weight excluding hydrogens is 356 g/mol. The number of aliphatic hydroxyl groups is 2. The van der Waals surface area contributed by atoms with Crippen LogP contribution >= 0.6 is 0 Å². The van der Waals surface area contributed by atoms with Crippen molar-refractivity contribution in [2.45, 2.75) is 76.0 Å². The summed E-state index contributed by atoms with van der Waals surface area (Å²) in [5.41, 5.74) is 0. The van der Waals surface area contributed by atoms with E-state index in [-0.39, 0.29) is 43.5 Å². The maximum atomic E-state index is 9.97. The summed E-state index contributed by atoms with van der Waals surface area (Å²) in [5.74, 6) is -2.07. The van der Waals surface area contributed by atoms with E-state index in [0.717, 1.165) is 12.8 Å². The molecule has 0 spiro atoms. The third-order valence-electron chi connectivity index (χ3n) is 6.21. The minimum atomic E-state index is -1.10. The highest BCUT2D eigenvalue weighted by molar-refractivity contribution is 4.99. The fourth-order valence-electron chi connectivity index (χ4n) is 4.13. The van der Waals surface area contributed by atoms with E-state index in [2.05, 4.69) is 0 Å². The van der Waals surface area contributed by atoms with Gasteiger partial charge in [-0.25, -0.2) is 0 Å². The molecule has 2 N–H and O–H groups in total. The number of rotatable bonds is 9. The van der Waals surface area contributed by atoms with Crippen LogP contribution in [-0.2, 0) is 28.4 Å². The molecule has 2 fully saturated rings. The van der Waals surface area contributed by atoms with Gasteiger partial charge >= 0.3 is 0 Å². The summed E-state index contributed by atoms with van der Waals surface area (Å²) in [5, 5.41) is 19.2. The molecule has 0 aromatic heterocycles. The summed E-state index contributed by atoms with van der Waals surface area (Å²) in [7, 11) is 4.71. The summed E-state index contributed by atoms with van der Waals surface area (Å²) in [6.45, 7) is 5.41. The van der Waals surface area contributed by atoms with E-state index >= 15 is 0 Å². The van der Waals surface area contributed by atoms with Crippen LogP contribution in [0, 0.1) is 11.8 Å². The van der Waals surface area contributed by atoms with Crippen molar-refractivity contribution in [2.24, 2.45) is 11.8 Å². The lowest BCUT2D eigenvalue weighted by Crippen LogP contribution is -2.69. The van der Waals surface area contributed by atoms with Crippen molar-refractivity contribution in [3.05, 3.63) is 0 Å². The molecule has 0 radical (unpaired) electrons. The van der Waals surface area contributed by atoms with E-state index in [4.69, 9.17) is 28.4 Å². The molecule has 0 unspecified atom stereocenters. The van der Waals surface area contributed by atoms with Gasteiger partial charge in [0.2, 0.25) is 11.6 Å². The van der Waals surface area contributed by atoms with E-state index < -0.39 is 17.7 Å². The lowest BCUT2D eigenvalue weighted by molar-refractivity contribution is -0.461. The van der Waals surface area contributed by atoms with Gasteiger partial charge in [0.25, 0.3) is 0 Å². The topological polar surface area (TPSA) is 95.8 Å². The average molecular weight is 392 g/mol. The van der Waals surface area contributed by atoms with Crippen LogP contribution < -0.4 is 0 Å². The van der Waals surface area contributed by atoms with Gasteiger partial charge in [0, 0.05) is 21.3 Å². The van der Waals surface area contributed by atoms with E-state index in [1.54, 1.807) is 28.3 Å². The number of hydrogen-bond acceptors (Lipinski definition) is 8. The summed E-state index contributed by atoms with van der Waals surface area (Å²) in [6.07, 6.45) is 0.741. The van der Waals surface area contributed by atoms with Crippen molar-refractivity contribution < 1.29 is 38.6 Å². The second-order valence-electron chi connectivity index (χ2n) is 7.88. The zero-order valence-corrected chi connectivity index (χ0v) is 17.3. The van der Waals surface area contributed by atoms with Gasteiger partial charge in [-0.3, -0.25) is 0 Å². The van der Waals surface area contributed by atoms with Gasteiger partial charge < -0.3 is 38.6 Å². The van der Waals surface area contributed by atoms with Crippen LogP contribution in [0.1, 0.15) is 40.0 Å². The molecule has 27 heavy (non-hydrogen) atoms. The fourth-order valence-corrected chi connectivity index (χ4v) is 4.13. The number of hydrogen-bond donors (Lipinski definition) is 2. The first kappa shape index (κ1) is 23.0. The smallest absolute Gasteiger partial charge is 0.220 e. The van der Waals surface area contributed by atoms with Gasteiger partial charge in [-0.15, -0.1) is 0 Å². The van der Waals surface area contributed by atoms with Crippen LogP contribution in [0.3, 0.4) is 0 Å². The molecular formula is C19H36O8. The van der Waals surface area contributed by atoms with Gasteiger partial charge in [-0.2, -0.15) is 0 Å². The van der Waals surface area contributed by atoms with Gasteiger partial charge in [-0.1, -0.05) is 6.92 Å². The van der Waals surface area contributed by atoms with Crippen LogP contribution in [0.5, 0.6) is 0 Å². The van der Waals surface area contributed by atoms with Crippen molar-refractivity contribution >= 4 is 0 Å². The Morgan fingerprint density at radius 2 is 1.70 bits per heavy atom. The van der Waals surface area contributed by atoms with Crippen LogP contribution in [0.15, 0.2) is 0 Å². The highest BCUT2D eigenvalue weighted by Crippen LogP contribution is 2.46.